The summed E-state index contributed by atoms with van der Waals surface area (Å²) >= 11 is 0. The molecule has 1 aromatic carbocycles. The van der Waals surface area contributed by atoms with Crippen molar-refractivity contribution in [3.8, 4) is 0 Å². The van der Waals surface area contributed by atoms with Gasteiger partial charge in [0.05, 0.1) is 0 Å². The van der Waals surface area contributed by atoms with Crippen LogP contribution in [-0.4, -0.2) is 43.0 Å². The Bertz CT molecular complexity index is 509. The monoisotopic (exact) mass is 287 g/mol. The summed E-state index contributed by atoms with van der Waals surface area (Å²) in [5, 5.41) is 6.51. The molecule has 0 aliphatic carbocycles. The summed E-state index contributed by atoms with van der Waals surface area (Å²) < 4.78 is 0. The Kier molecular flexibility index (Phi) is 4.44. The molecule has 2 aliphatic heterocycles. The third kappa shape index (κ3) is 3.56. The summed E-state index contributed by atoms with van der Waals surface area (Å²) in [6.45, 7) is 6.43. The van der Waals surface area contributed by atoms with Crippen molar-refractivity contribution in [2.45, 2.75) is 38.6 Å². The first-order chi connectivity index (χ1) is 10.2. The number of carbonyl (C=O) groups is 1. The van der Waals surface area contributed by atoms with Crippen molar-refractivity contribution in [3.63, 3.8) is 0 Å². The highest BCUT2D eigenvalue weighted by molar-refractivity contribution is 5.95. The molecule has 4 heteroatoms. The third-order valence-electron chi connectivity index (χ3n) is 4.41. The van der Waals surface area contributed by atoms with Crippen molar-refractivity contribution < 1.29 is 4.79 Å². The van der Waals surface area contributed by atoms with Crippen LogP contribution >= 0.6 is 0 Å². The average molecular weight is 287 g/mol. The molecule has 0 saturated carbocycles. The van der Waals surface area contributed by atoms with E-state index in [9.17, 15) is 4.79 Å². The Morgan fingerprint density at radius 2 is 2.14 bits per heavy atom. The fraction of sp³-hybridized carbons (Fsp3) is 0.588. The molecule has 1 unspecified atom stereocenters. The van der Waals surface area contributed by atoms with Crippen molar-refractivity contribution in [2.75, 3.05) is 31.5 Å². The summed E-state index contributed by atoms with van der Waals surface area (Å²) in [5.41, 5.74) is 3.23. The lowest BCUT2D eigenvalue weighted by molar-refractivity contribution is 0.0932. The predicted octanol–water partition coefficient (Wildman–Crippen LogP) is 2.26. The zero-order valence-electron chi connectivity index (χ0n) is 12.8. The second-order valence-corrected chi connectivity index (χ2v) is 6.28. The van der Waals surface area contributed by atoms with E-state index in [0.717, 1.165) is 31.5 Å². The highest BCUT2D eigenvalue weighted by atomic mass is 16.1. The molecule has 1 atom stereocenters. The van der Waals surface area contributed by atoms with Crippen molar-refractivity contribution in [2.24, 2.45) is 0 Å². The summed E-state index contributed by atoms with van der Waals surface area (Å²) in [6.07, 6.45) is 4.78. The van der Waals surface area contributed by atoms with Gasteiger partial charge in [-0.25, -0.2) is 0 Å². The van der Waals surface area contributed by atoms with Crippen molar-refractivity contribution in [3.05, 3.63) is 29.3 Å². The number of nitrogens with one attached hydrogen (secondary N) is 2. The maximum Gasteiger partial charge on any atom is 0.251 e. The average Bonchev–Trinajstić information content (AvgIpc) is 2.99. The van der Waals surface area contributed by atoms with Gasteiger partial charge in [-0.05, 0) is 69.5 Å². The molecule has 1 aromatic rings. The van der Waals surface area contributed by atoms with Gasteiger partial charge in [-0.15, -0.1) is 0 Å². The van der Waals surface area contributed by atoms with E-state index in [1.165, 1.54) is 37.2 Å². The van der Waals surface area contributed by atoms with Gasteiger partial charge in [0.2, 0.25) is 0 Å². The van der Waals surface area contributed by atoms with Crippen LogP contribution in [0.4, 0.5) is 5.69 Å². The number of hydrogen-bond acceptors (Lipinski definition) is 3. The number of nitrogens with zero attached hydrogens (tertiary/aromatic N) is 1. The van der Waals surface area contributed by atoms with Gasteiger partial charge in [0, 0.05) is 30.4 Å². The first-order valence-electron chi connectivity index (χ1n) is 8.12. The maximum atomic E-state index is 12.4. The minimum Gasteiger partial charge on any atom is -0.385 e. The van der Waals surface area contributed by atoms with Crippen molar-refractivity contribution in [1.29, 1.82) is 0 Å². The first-order valence-corrected chi connectivity index (χ1v) is 8.12. The standard InChI is InChI=1S/C17H25N3O/c1-13(12-20-9-2-3-10-20)19-17(21)15-6-7-16-14(11-15)5-4-8-18-16/h6-7,11,13,18H,2-5,8-10,12H2,1H3,(H,19,21). The second kappa shape index (κ2) is 6.48. The Hall–Kier alpha value is -1.55. The SMILES string of the molecule is CC(CN1CCCC1)NC(=O)c1ccc2c(c1)CCCN2. The lowest BCUT2D eigenvalue weighted by Crippen LogP contribution is -2.41. The Morgan fingerprint density at radius 1 is 1.33 bits per heavy atom. The van der Waals surface area contributed by atoms with E-state index in [2.05, 4.69) is 22.5 Å². The number of benzene rings is 1. The van der Waals surface area contributed by atoms with Crippen LogP contribution in [0, 0.1) is 0 Å². The number of rotatable bonds is 4. The largest absolute Gasteiger partial charge is 0.385 e. The Morgan fingerprint density at radius 3 is 2.95 bits per heavy atom. The van der Waals surface area contributed by atoms with Gasteiger partial charge < -0.3 is 15.5 Å². The molecule has 0 aromatic heterocycles. The summed E-state index contributed by atoms with van der Waals surface area (Å²) in [6, 6.07) is 6.20. The van der Waals surface area contributed by atoms with Crippen LogP contribution < -0.4 is 10.6 Å². The number of aryl methyl sites for hydroxylation is 1. The van der Waals surface area contributed by atoms with Crippen LogP contribution in [-0.2, 0) is 6.42 Å². The van der Waals surface area contributed by atoms with Crippen LogP contribution in [0.25, 0.3) is 0 Å². The maximum absolute atomic E-state index is 12.4. The summed E-state index contributed by atoms with van der Waals surface area (Å²) in [7, 11) is 0. The highest BCUT2D eigenvalue weighted by Gasteiger charge is 2.17. The molecule has 4 nitrogen and oxygen atoms in total. The first kappa shape index (κ1) is 14.4. The molecular weight excluding hydrogens is 262 g/mol. The minimum absolute atomic E-state index is 0.0510. The van der Waals surface area contributed by atoms with Crippen LogP contribution in [0.1, 0.15) is 42.1 Å². The fourth-order valence-electron chi connectivity index (χ4n) is 3.32. The Balaban J connectivity index is 1.59. The number of fused-ring (bicyclic) bond motifs is 1. The van der Waals surface area contributed by atoms with Crippen LogP contribution in [0.2, 0.25) is 0 Å². The van der Waals surface area contributed by atoms with Crippen LogP contribution in [0.3, 0.4) is 0 Å². The van der Waals surface area contributed by atoms with Crippen LogP contribution in [0.15, 0.2) is 18.2 Å². The number of likely N-dealkylation sites (tertiary alicyclic amines) is 1. The smallest absolute Gasteiger partial charge is 0.251 e. The number of carbonyl (C=O) groups excluding carboxylic acids is 1. The van der Waals surface area contributed by atoms with Crippen molar-refractivity contribution in [1.82, 2.24) is 10.2 Å². The lowest BCUT2D eigenvalue weighted by atomic mass is 10.0. The van der Waals surface area contributed by atoms with Gasteiger partial charge in [-0.1, -0.05) is 0 Å². The van der Waals surface area contributed by atoms with Crippen LogP contribution in [0.5, 0.6) is 0 Å². The van der Waals surface area contributed by atoms with E-state index in [1.54, 1.807) is 0 Å². The lowest BCUT2D eigenvalue weighted by Gasteiger charge is -2.22. The molecule has 0 radical (unpaired) electrons. The van der Waals surface area contributed by atoms with Crippen molar-refractivity contribution >= 4 is 11.6 Å². The molecule has 0 bridgehead atoms. The number of amides is 1. The molecule has 1 amide bonds. The number of hydrogen-bond donors (Lipinski definition) is 2. The molecule has 2 N–H and O–H groups in total. The zero-order valence-corrected chi connectivity index (χ0v) is 12.8. The molecule has 1 saturated heterocycles. The molecule has 2 aliphatic rings. The normalized spacial score (nSPS) is 19.7. The van der Waals surface area contributed by atoms with E-state index in [0.29, 0.717) is 0 Å². The number of anilines is 1. The fourth-order valence-corrected chi connectivity index (χ4v) is 3.32. The summed E-state index contributed by atoms with van der Waals surface area (Å²) in [4.78, 5) is 14.8. The molecule has 0 spiro atoms. The van der Waals surface area contributed by atoms with E-state index < -0.39 is 0 Å². The quantitative estimate of drug-likeness (QED) is 0.893. The zero-order chi connectivity index (χ0) is 14.7. The molecule has 114 valence electrons. The molecule has 2 heterocycles. The molecule has 21 heavy (non-hydrogen) atoms. The van der Waals surface area contributed by atoms with Gasteiger partial charge in [0.25, 0.3) is 5.91 Å². The Labute approximate surface area is 126 Å². The molecule has 3 rings (SSSR count). The summed E-state index contributed by atoms with van der Waals surface area (Å²) in [5.74, 6) is 0.0510. The van der Waals surface area contributed by atoms with Gasteiger partial charge >= 0.3 is 0 Å². The van der Waals surface area contributed by atoms with Gasteiger partial charge in [0.15, 0.2) is 0 Å². The molecular formula is C17H25N3O. The third-order valence-corrected chi connectivity index (χ3v) is 4.41. The second-order valence-electron chi connectivity index (χ2n) is 6.28. The van der Waals surface area contributed by atoms with Gasteiger partial charge in [0.1, 0.15) is 0 Å². The predicted molar refractivity (Wildman–Crippen MR) is 85.9 cm³/mol. The van der Waals surface area contributed by atoms with Gasteiger partial charge in [-0.3, -0.25) is 4.79 Å². The topological polar surface area (TPSA) is 44.4 Å². The van der Waals surface area contributed by atoms with E-state index in [4.69, 9.17) is 0 Å². The highest BCUT2D eigenvalue weighted by Crippen LogP contribution is 2.22. The van der Waals surface area contributed by atoms with E-state index >= 15 is 0 Å². The van der Waals surface area contributed by atoms with Gasteiger partial charge in [-0.2, -0.15) is 0 Å². The molecule has 1 fully saturated rings. The van der Waals surface area contributed by atoms with E-state index in [1.807, 2.05) is 18.2 Å². The van der Waals surface area contributed by atoms with E-state index in [-0.39, 0.29) is 11.9 Å². The minimum atomic E-state index is 0.0510.